The van der Waals surface area contributed by atoms with Crippen LogP contribution in [0.2, 0.25) is 0 Å². The molecule has 0 saturated heterocycles. The van der Waals surface area contributed by atoms with Crippen molar-refractivity contribution in [3.8, 4) is 5.95 Å². The smallest absolute Gasteiger partial charge is 0.325 e. The molecule has 0 unspecified atom stereocenters. The third kappa shape index (κ3) is 4.68. The number of anilines is 1. The molecular formula is C21H22F3N5O2. The van der Waals surface area contributed by atoms with Crippen LogP contribution in [0.25, 0.3) is 5.95 Å². The maximum Gasteiger partial charge on any atom is 0.416 e. The first kappa shape index (κ1) is 22.3. The summed E-state index contributed by atoms with van der Waals surface area (Å²) in [7, 11) is 0. The highest BCUT2D eigenvalue weighted by molar-refractivity contribution is 5.90. The molecule has 0 bridgehead atoms. The van der Waals surface area contributed by atoms with E-state index in [1.807, 2.05) is 19.9 Å². The number of rotatable bonds is 5. The summed E-state index contributed by atoms with van der Waals surface area (Å²) in [6.45, 7) is 6.79. The van der Waals surface area contributed by atoms with Crippen LogP contribution in [0.15, 0.2) is 35.1 Å². The van der Waals surface area contributed by atoms with Crippen molar-refractivity contribution in [2.24, 2.45) is 0 Å². The minimum Gasteiger partial charge on any atom is -0.325 e. The van der Waals surface area contributed by atoms with Gasteiger partial charge in [-0.2, -0.15) is 18.3 Å². The second-order valence-electron chi connectivity index (χ2n) is 7.18. The Balaban J connectivity index is 1.95. The summed E-state index contributed by atoms with van der Waals surface area (Å²) in [4.78, 5) is 30.2. The SMILES string of the molecule is CCc1c(C)nc(-n2nc(C)cc2C)n(CC(=O)Nc2ccc(C(F)(F)F)cc2)c1=O. The molecule has 3 rings (SSSR count). The third-order valence-corrected chi connectivity index (χ3v) is 4.80. The van der Waals surface area contributed by atoms with Crippen molar-refractivity contribution in [1.82, 2.24) is 19.3 Å². The van der Waals surface area contributed by atoms with E-state index in [0.29, 0.717) is 17.7 Å². The third-order valence-electron chi connectivity index (χ3n) is 4.80. The molecule has 3 aromatic rings. The summed E-state index contributed by atoms with van der Waals surface area (Å²) in [5.41, 5.74) is 1.51. The van der Waals surface area contributed by atoms with E-state index < -0.39 is 17.6 Å². The minimum absolute atomic E-state index is 0.189. The molecule has 1 aromatic carbocycles. The monoisotopic (exact) mass is 433 g/mol. The Kier molecular flexibility index (Phi) is 6.01. The van der Waals surface area contributed by atoms with Gasteiger partial charge in [-0.05, 0) is 57.5 Å². The van der Waals surface area contributed by atoms with Gasteiger partial charge in [-0.25, -0.2) is 9.67 Å². The number of benzene rings is 1. The Hall–Kier alpha value is -3.43. The van der Waals surface area contributed by atoms with Gasteiger partial charge in [0.1, 0.15) is 6.54 Å². The van der Waals surface area contributed by atoms with Crippen LogP contribution in [0.1, 0.15) is 35.1 Å². The lowest BCUT2D eigenvalue weighted by molar-refractivity contribution is -0.137. The van der Waals surface area contributed by atoms with Crippen LogP contribution in [0.4, 0.5) is 18.9 Å². The second-order valence-corrected chi connectivity index (χ2v) is 7.18. The Morgan fingerprint density at radius 3 is 2.29 bits per heavy atom. The van der Waals surface area contributed by atoms with Crippen molar-refractivity contribution < 1.29 is 18.0 Å². The summed E-state index contributed by atoms with van der Waals surface area (Å²) in [5, 5.41) is 6.88. The lowest BCUT2D eigenvalue weighted by Crippen LogP contribution is -2.34. The maximum atomic E-state index is 13.1. The van der Waals surface area contributed by atoms with E-state index in [1.165, 1.54) is 9.25 Å². The Morgan fingerprint density at radius 1 is 1.13 bits per heavy atom. The molecule has 1 N–H and O–H groups in total. The van der Waals surface area contributed by atoms with E-state index in [-0.39, 0.29) is 23.7 Å². The highest BCUT2D eigenvalue weighted by Crippen LogP contribution is 2.29. The molecule has 0 saturated carbocycles. The first-order chi connectivity index (χ1) is 14.5. The summed E-state index contributed by atoms with van der Waals surface area (Å²) in [6, 6.07) is 5.91. The lowest BCUT2D eigenvalue weighted by atomic mass is 10.2. The zero-order valence-corrected chi connectivity index (χ0v) is 17.5. The number of aryl methyl sites for hydroxylation is 3. The number of hydrogen-bond donors (Lipinski definition) is 1. The summed E-state index contributed by atoms with van der Waals surface area (Å²) < 4.78 is 40.9. The highest BCUT2D eigenvalue weighted by Gasteiger charge is 2.30. The first-order valence-corrected chi connectivity index (χ1v) is 9.62. The molecule has 0 aliphatic rings. The average molecular weight is 433 g/mol. The Labute approximate surface area is 176 Å². The number of amides is 1. The van der Waals surface area contributed by atoms with Gasteiger partial charge in [0.05, 0.1) is 17.0 Å². The molecule has 0 spiro atoms. The fraction of sp³-hybridized carbons (Fsp3) is 0.333. The van der Waals surface area contributed by atoms with Crippen molar-refractivity contribution in [3.05, 3.63) is 68.9 Å². The molecule has 164 valence electrons. The number of carbonyl (C=O) groups is 1. The van der Waals surface area contributed by atoms with E-state index in [0.717, 1.165) is 35.7 Å². The van der Waals surface area contributed by atoms with Crippen LogP contribution in [-0.4, -0.2) is 25.2 Å². The predicted octanol–water partition coefficient (Wildman–Crippen LogP) is 3.57. The quantitative estimate of drug-likeness (QED) is 0.667. The van der Waals surface area contributed by atoms with Crippen molar-refractivity contribution in [2.75, 3.05) is 5.32 Å². The number of nitrogens with zero attached hydrogens (tertiary/aromatic N) is 4. The van der Waals surface area contributed by atoms with E-state index in [1.54, 1.807) is 13.8 Å². The van der Waals surface area contributed by atoms with Gasteiger partial charge in [0, 0.05) is 16.9 Å². The number of aromatic nitrogens is 4. The van der Waals surface area contributed by atoms with Gasteiger partial charge in [0.15, 0.2) is 0 Å². The minimum atomic E-state index is -4.46. The number of alkyl halides is 3. The maximum absolute atomic E-state index is 13.1. The Bertz CT molecular complexity index is 1180. The van der Waals surface area contributed by atoms with Gasteiger partial charge in [-0.3, -0.25) is 14.2 Å². The van der Waals surface area contributed by atoms with Gasteiger partial charge >= 0.3 is 6.18 Å². The Morgan fingerprint density at radius 2 is 1.77 bits per heavy atom. The average Bonchev–Trinajstić information content (AvgIpc) is 3.02. The molecule has 7 nitrogen and oxygen atoms in total. The highest BCUT2D eigenvalue weighted by atomic mass is 19.4. The van der Waals surface area contributed by atoms with Crippen LogP contribution in [-0.2, 0) is 23.9 Å². The molecular weight excluding hydrogens is 411 g/mol. The van der Waals surface area contributed by atoms with Gasteiger partial charge in [-0.1, -0.05) is 6.92 Å². The molecule has 0 atom stereocenters. The number of carbonyl (C=O) groups excluding carboxylic acids is 1. The van der Waals surface area contributed by atoms with Gasteiger partial charge in [0.25, 0.3) is 5.56 Å². The van der Waals surface area contributed by atoms with E-state index in [2.05, 4.69) is 15.4 Å². The van der Waals surface area contributed by atoms with Gasteiger partial charge in [-0.15, -0.1) is 0 Å². The molecule has 0 aliphatic heterocycles. The summed E-state index contributed by atoms with van der Waals surface area (Å²) >= 11 is 0. The van der Waals surface area contributed by atoms with Crippen LogP contribution >= 0.6 is 0 Å². The van der Waals surface area contributed by atoms with Crippen LogP contribution in [0, 0.1) is 20.8 Å². The van der Waals surface area contributed by atoms with Crippen LogP contribution in [0.5, 0.6) is 0 Å². The fourth-order valence-electron chi connectivity index (χ4n) is 3.32. The molecule has 0 aliphatic carbocycles. The van der Waals surface area contributed by atoms with E-state index in [4.69, 9.17) is 0 Å². The number of nitrogens with one attached hydrogen (secondary N) is 1. The van der Waals surface area contributed by atoms with Crippen molar-refractivity contribution >= 4 is 11.6 Å². The molecule has 0 fully saturated rings. The van der Waals surface area contributed by atoms with Crippen LogP contribution < -0.4 is 10.9 Å². The van der Waals surface area contributed by atoms with Gasteiger partial charge in [0.2, 0.25) is 11.9 Å². The fourth-order valence-corrected chi connectivity index (χ4v) is 3.32. The van der Waals surface area contributed by atoms with Crippen LogP contribution in [0.3, 0.4) is 0 Å². The topological polar surface area (TPSA) is 81.8 Å². The largest absolute Gasteiger partial charge is 0.416 e. The van der Waals surface area contributed by atoms with E-state index >= 15 is 0 Å². The van der Waals surface area contributed by atoms with Crippen molar-refractivity contribution in [2.45, 2.75) is 46.8 Å². The first-order valence-electron chi connectivity index (χ1n) is 9.62. The number of hydrogen-bond acceptors (Lipinski definition) is 4. The molecule has 2 aromatic heterocycles. The van der Waals surface area contributed by atoms with Crippen molar-refractivity contribution in [1.29, 1.82) is 0 Å². The summed E-state index contributed by atoms with van der Waals surface area (Å²) in [6.07, 6.45) is -4.02. The normalized spacial score (nSPS) is 11.6. The molecule has 10 heteroatoms. The molecule has 2 heterocycles. The lowest BCUT2D eigenvalue weighted by Gasteiger charge is -2.16. The predicted molar refractivity (Wildman–Crippen MR) is 109 cm³/mol. The number of halogens is 3. The molecule has 0 radical (unpaired) electrons. The van der Waals surface area contributed by atoms with Crippen molar-refractivity contribution in [3.63, 3.8) is 0 Å². The van der Waals surface area contributed by atoms with E-state index in [9.17, 15) is 22.8 Å². The van der Waals surface area contributed by atoms with Gasteiger partial charge < -0.3 is 5.32 Å². The summed E-state index contributed by atoms with van der Waals surface area (Å²) in [5.74, 6) is -0.370. The standard InChI is InChI=1S/C21H22F3N5O2/c1-5-17-14(4)25-20(29-13(3)10-12(2)27-29)28(19(17)31)11-18(30)26-16-8-6-15(7-9-16)21(22,23)24/h6-10H,5,11H2,1-4H3,(H,26,30). The molecule has 1 amide bonds. The second kappa shape index (κ2) is 8.37. The zero-order chi connectivity index (χ0) is 22.9. The zero-order valence-electron chi connectivity index (χ0n) is 17.5. The molecule has 31 heavy (non-hydrogen) atoms.